The fourth-order valence-corrected chi connectivity index (χ4v) is 4.54. The van der Waals surface area contributed by atoms with Crippen LogP contribution in [0.4, 0.5) is 0 Å². The first-order valence-corrected chi connectivity index (χ1v) is 8.95. The highest BCUT2D eigenvalue weighted by atomic mass is 35.5. The average molecular weight is 356 g/mol. The molecule has 1 aliphatic carbocycles. The lowest BCUT2D eigenvalue weighted by molar-refractivity contribution is 0.695. The van der Waals surface area contributed by atoms with Crippen LogP contribution in [0.5, 0.6) is 0 Å². The molecule has 0 aliphatic heterocycles. The van der Waals surface area contributed by atoms with Gasteiger partial charge in [-0.15, -0.1) is 11.3 Å². The quantitative estimate of drug-likeness (QED) is 0.717. The summed E-state index contributed by atoms with van der Waals surface area (Å²) in [6.45, 7) is 0.916. The van der Waals surface area contributed by atoms with E-state index in [4.69, 9.17) is 23.2 Å². The van der Waals surface area contributed by atoms with Crippen LogP contribution in [0.15, 0.2) is 18.2 Å². The second-order valence-electron chi connectivity index (χ2n) is 5.10. The van der Waals surface area contributed by atoms with Crippen molar-refractivity contribution in [1.82, 2.24) is 14.1 Å². The summed E-state index contributed by atoms with van der Waals surface area (Å²) in [6, 6.07) is 6.71. The third-order valence-corrected chi connectivity index (χ3v) is 5.71. The normalized spacial score (nSPS) is 15.0. The molecule has 1 saturated carbocycles. The number of hydrogen-bond acceptors (Lipinski definition) is 5. The van der Waals surface area contributed by atoms with Gasteiger partial charge in [0.15, 0.2) is 0 Å². The molecule has 21 heavy (non-hydrogen) atoms. The standard InChI is InChI=1S/C14H11Cl2N3S2/c15-9-5-10(16)13-14(19-21-18-13)12(9)11-4-3-8(20-11)6-17-7-1-2-7/h3-5,7,17H,1-2,6H2. The van der Waals surface area contributed by atoms with Crippen molar-refractivity contribution in [2.75, 3.05) is 0 Å². The first-order chi connectivity index (χ1) is 10.2. The van der Waals surface area contributed by atoms with E-state index in [2.05, 4.69) is 26.2 Å². The Kier molecular flexibility index (Phi) is 3.63. The van der Waals surface area contributed by atoms with E-state index >= 15 is 0 Å². The first kappa shape index (κ1) is 13.9. The van der Waals surface area contributed by atoms with Crippen LogP contribution in [0.2, 0.25) is 10.0 Å². The molecule has 0 unspecified atom stereocenters. The maximum Gasteiger partial charge on any atom is 0.124 e. The minimum atomic E-state index is 0.555. The minimum absolute atomic E-state index is 0.555. The van der Waals surface area contributed by atoms with Gasteiger partial charge in [0.1, 0.15) is 11.0 Å². The molecule has 4 rings (SSSR count). The number of aromatic nitrogens is 2. The second kappa shape index (κ2) is 5.48. The summed E-state index contributed by atoms with van der Waals surface area (Å²) < 4.78 is 8.62. The van der Waals surface area contributed by atoms with Crippen LogP contribution < -0.4 is 5.32 Å². The molecule has 0 atom stereocenters. The third-order valence-electron chi connectivity index (χ3n) is 3.49. The molecule has 1 aliphatic rings. The molecule has 1 aromatic carbocycles. The lowest BCUT2D eigenvalue weighted by atomic mass is 10.1. The van der Waals surface area contributed by atoms with Crippen LogP contribution in [-0.4, -0.2) is 14.8 Å². The Morgan fingerprint density at radius 1 is 1.14 bits per heavy atom. The van der Waals surface area contributed by atoms with Crippen molar-refractivity contribution in [3.05, 3.63) is 33.1 Å². The van der Waals surface area contributed by atoms with Crippen molar-refractivity contribution in [1.29, 1.82) is 0 Å². The molecule has 1 N–H and O–H groups in total. The lowest BCUT2D eigenvalue weighted by Gasteiger charge is -2.04. The van der Waals surface area contributed by atoms with Crippen molar-refractivity contribution >= 4 is 57.3 Å². The monoisotopic (exact) mass is 355 g/mol. The molecule has 0 amide bonds. The Morgan fingerprint density at radius 3 is 2.76 bits per heavy atom. The first-order valence-electron chi connectivity index (χ1n) is 6.65. The van der Waals surface area contributed by atoms with Gasteiger partial charge >= 0.3 is 0 Å². The highest BCUT2D eigenvalue weighted by molar-refractivity contribution is 7.15. The van der Waals surface area contributed by atoms with Crippen molar-refractivity contribution in [3.63, 3.8) is 0 Å². The maximum absolute atomic E-state index is 6.39. The number of thiophene rings is 1. The smallest absolute Gasteiger partial charge is 0.124 e. The zero-order valence-corrected chi connectivity index (χ0v) is 14.0. The predicted octanol–water partition coefficient (Wildman–Crippen LogP) is 4.98. The van der Waals surface area contributed by atoms with E-state index in [0.29, 0.717) is 16.1 Å². The molecular weight excluding hydrogens is 345 g/mol. The molecular formula is C14H11Cl2N3S2. The van der Waals surface area contributed by atoms with Crippen LogP contribution in [-0.2, 0) is 6.54 Å². The van der Waals surface area contributed by atoms with Crippen molar-refractivity contribution < 1.29 is 0 Å². The SMILES string of the molecule is Clc1cc(Cl)c2nsnc2c1-c1ccc(CNC2CC2)s1. The summed E-state index contributed by atoms with van der Waals surface area (Å²) in [7, 11) is 0. The molecule has 0 saturated heterocycles. The number of nitrogens with one attached hydrogen (secondary N) is 1. The lowest BCUT2D eigenvalue weighted by Crippen LogP contribution is -2.14. The summed E-state index contributed by atoms with van der Waals surface area (Å²) in [4.78, 5) is 2.42. The van der Waals surface area contributed by atoms with Crippen molar-refractivity contribution in [3.8, 4) is 10.4 Å². The molecule has 2 aromatic heterocycles. The van der Waals surface area contributed by atoms with Gasteiger partial charge in [-0.05, 0) is 31.0 Å². The minimum Gasteiger partial charge on any atom is -0.309 e. The third kappa shape index (κ3) is 2.69. The Bertz CT molecular complexity index is 808. The van der Waals surface area contributed by atoms with Gasteiger partial charge in [-0.25, -0.2) is 0 Å². The van der Waals surface area contributed by atoms with Crippen LogP contribution >= 0.6 is 46.3 Å². The van der Waals surface area contributed by atoms with E-state index in [0.717, 1.165) is 39.7 Å². The fraction of sp³-hybridized carbons (Fsp3) is 0.286. The van der Waals surface area contributed by atoms with E-state index in [1.807, 2.05) is 0 Å². The zero-order chi connectivity index (χ0) is 14.4. The second-order valence-corrected chi connectivity index (χ2v) is 7.61. The number of hydrogen-bond donors (Lipinski definition) is 1. The largest absolute Gasteiger partial charge is 0.309 e. The Labute approximate surface area is 140 Å². The predicted molar refractivity (Wildman–Crippen MR) is 90.6 cm³/mol. The summed E-state index contributed by atoms with van der Waals surface area (Å²) in [5.74, 6) is 0. The van der Waals surface area contributed by atoms with Crippen LogP contribution in [0, 0.1) is 0 Å². The zero-order valence-electron chi connectivity index (χ0n) is 10.9. The Morgan fingerprint density at radius 2 is 1.95 bits per heavy atom. The van der Waals surface area contributed by atoms with Crippen LogP contribution in [0.25, 0.3) is 21.5 Å². The van der Waals surface area contributed by atoms with E-state index in [9.17, 15) is 0 Å². The van der Waals surface area contributed by atoms with E-state index < -0.39 is 0 Å². The van der Waals surface area contributed by atoms with E-state index in [1.54, 1.807) is 17.4 Å². The van der Waals surface area contributed by atoms with Crippen LogP contribution in [0.1, 0.15) is 17.7 Å². The molecule has 0 bridgehead atoms. The molecule has 3 nitrogen and oxygen atoms in total. The van der Waals surface area contributed by atoms with Gasteiger partial charge in [0.05, 0.1) is 21.8 Å². The van der Waals surface area contributed by atoms with Crippen molar-refractivity contribution in [2.24, 2.45) is 0 Å². The molecule has 0 spiro atoms. The Hall–Kier alpha value is -0.720. The van der Waals surface area contributed by atoms with Crippen molar-refractivity contribution in [2.45, 2.75) is 25.4 Å². The van der Waals surface area contributed by atoms with Gasteiger partial charge in [0.2, 0.25) is 0 Å². The van der Waals surface area contributed by atoms with Gasteiger partial charge in [-0.1, -0.05) is 23.2 Å². The van der Waals surface area contributed by atoms with Crippen LogP contribution in [0.3, 0.4) is 0 Å². The molecule has 0 radical (unpaired) electrons. The molecule has 108 valence electrons. The fourth-order valence-electron chi connectivity index (χ4n) is 2.25. The molecule has 3 aromatic rings. The van der Waals surface area contributed by atoms with Gasteiger partial charge in [-0.2, -0.15) is 8.75 Å². The van der Waals surface area contributed by atoms with E-state index in [1.165, 1.54) is 17.7 Å². The highest BCUT2D eigenvalue weighted by Gasteiger charge is 2.21. The number of benzene rings is 1. The molecule has 1 fully saturated rings. The topological polar surface area (TPSA) is 37.8 Å². The summed E-state index contributed by atoms with van der Waals surface area (Å²) >= 11 is 15.5. The number of halogens is 2. The van der Waals surface area contributed by atoms with Gasteiger partial charge in [-0.3, -0.25) is 0 Å². The van der Waals surface area contributed by atoms with Gasteiger partial charge in [0.25, 0.3) is 0 Å². The maximum atomic E-state index is 6.39. The number of fused-ring (bicyclic) bond motifs is 1. The summed E-state index contributed by atoms with van der Waals surface area (Å²) in [5, 5.41) is 4.71. The summed E-state index contributed by atoms with van der Waals surface area (Å²) in [5.41, 5.74) is 2.46. The Balaban J connectivity index is 1.73. The summed E-state index contributed by atoms with van der Waals surface area (Å²) in [6.07, 6.45) is 2.60. The number of nitrogens with zero attached hydrogens (tertiary/aromatic N) is 2. The molecule has 7 heteroatoms. The average Bonchev–Trinajstić information content (AvgIpc) is 2.97. The molecule has 2 heterocycles. The highest BCUT2D eigenvalue weighted by Crippen LogP contribution is 2.41. The van der Waals surface area contributed by atoms with Gasteiger partial charge < -0.3 is 5.32 Å². The van der Waals surface area contributed by atoms with Gasteiger partial charge in [0, 0.05) is 27.9 Å². The number of rotatable bonds is 4. The van der Waals surface area contributed by atoms with E-state index in [-0.39, 0.29) is 0 Å².